The summed E-state index contributed by atoms with van der Waals surface area (Å²) in [6.07, 6.45) is 2.69. The average molecular weight is 244 g/mol. The monoisotopic (exact) mass is 244 g/mol. The highest BCUT2D eigenvalue weighted by Gasteiger charge is 2.45. The normalized spacial score (nSPS) is 33.1. The summed E-state index contributed by atoms with van der Waals surface area (Å²) >= 11 is 0. The molecule has 2 unspecified atom stereocenters. The molecule has 0 aliphatic carbocycles. The molecule has 0 saturated carbocycles. The number of likely N-dealkylation sites (tertiary alicyclic amines) is 1. The lowest BCUT2D eigenvalue weighted by atomic mass is 9.67. The molecule has 3 rings (SSSR count). The Bertz CT molecular complexity index is 425. The van der Waals surface area contributed by atoms with Crippen LogP contribution in [0.25, 0.3) is 0 Å². The van der Waals surface area contributed by atoms with Crippen LogP contribution in [-0.4, -0.2) is 38.1 Å². The third-order valence-electron chi connectivity index (χ3n) is 4.91. The first-order chi connectivity index (χ1) is 8.70. The van der Waals surface area contributed by atoms with E-state index >= 15 is 0 Å². The lowest BCUT2D eigenvalue weighted by Crippen LogP contribution is -2.45. The topological polar surface area (TPSA) is 15.3 Å². The second kappa shape index (κ2) is 4.67. The van der Waals surface area contributed by atoms with Crippen LogP contribution in [0.4, 0.5) is 0 Å². The van der Waals surface area contributed by atoms with E-state index in [0.29, 0.717) is 11.3 Å². The highest BCUT2D eigenvalue weighted by Crippen LogP contribution is 2.47. The first kappa shape index (κ1) is 12.2. The zero-order chi connectivity index (χ0) is 12.6. The number of nitrogens with zero attached hydrogens (tertiary/aromatic N) is 1. The lowest BCUT2D eigenvalue weighted by Gasteiger charge is -2.42. The van der Waals surface area contributed by atoms with Crippen LogP contribution >= 0.6 is 0 Å². The molecule has 2 heteroatoms. The molecule has 0 amide bonds. The van der Waals surface area contributed by atoms with E-state index in [1.807, 2.05) is 0 Å². The van der Waals surface area contributed by atoms with Gasteiger partial charge in [0.25, 0.3) is 0 Å². The van der Waals surface area contributed by atoms with Crippen LogP contribution in [0.1, 0.15) is 29.9 Å². The van der Waals surface area contributed by atoms with E-state index in [0.717, 1.165) is 6.54 Å². The Morgan fingerprint density at radius 1 is 1.33 bits per heavy atom. The molecule has 0 aromatic heterocycles. The minimum Gasteiger partial charge on any atom is -0.316 e. The minimum absolute atomic E-state index is 0.522. The van der Waals surface area contributed by atoms with Crippen molar-refractivity contribution >= 4 is 0 Å². The highest BCUT2D eigenvalue weighted by atomic mass is 15.1. The summed E-state index contributed by atoms with van der Waals surface area (Å²) in [4.78, 5) is 2.51. The van der Waals surface area contributed by atoms with Crippen molar-refractivity contribution in [1.82, 2.24) is 10.2 Å². The number of benzene rings is 1. The second-order valence-corrected chi connectivity index (χ2v) is 6.27. The highest BCUT2D eigenvalue weighted by molar-refractivity contribution is 5.29. The zero-order valence-electron chi connectivity index (χ0n) is 11.6. The fourth-order valence-electron chi connectivity index (χ4n) is 3.93. The quantitative estimate of drug-likeness (QED) is 0.816. The first-order valence-electron chi connectivity index (χ1n) is 7.15. The van der Waals surface area contributed by atoms with E-state index in [1.165, 1.54) is 43.6 Å². The van der Waals surface area contributed by atoms with Gasteiger partial charge in [0.2, 0.25) is 0 Å². The molecule has 2 atom stereocenters. The number of hydrogen-bond acceptors (Lipinski definition) is 2. The van der Waals surface area contributed by atoms with Crippen LogP contribution in [0.5, 0.6) is 0 Å². The fraction of sp³-hybridized carbons (Fsp3) is 0.625. The maximum Gasteiger partial charge on any atom is 0.00422 e. The molecule has 2 saturated heterocycles. The molecule has 2 aliphatic heterocycles. The Hall–Kier alpha value is -0.860. The Kier molecular flexibility index (Phi) is 3.16. The van der Waals surface area contributed by atoms with Gasteiger partial charge < -0.3 is 10.2 Å². The van der Waals surface area contributed by atoms with Crippen molar-refractivity contribution in [3.05, 3.63) is 35.4 Å². The van der Waals surface area contributed by atoms with Gasteiger partial charge in [-0.05, 0) is 50.9 Å². The maximum atomic E-state index is 3.60. The average Bonchev–Trinajstić information content (AvgIpc) is 2.72. The number of aryl methyl sites for hydroxylation is 1. The molecular formula is C16H24N2. The summed E-state index contributed by atoms with van der Waals surface area (Å²) in [7, 11) is 2.27. The van der Waals surface area contributed by atoms with Gasteiger partial charge in [-0.15, -0.1) is 0 Å². The lowest BCUT2D eigenvalue weighted by molar-refractivity contribution is 0.170. The van der Waals surface area contributed by atoms with E-state index in [2.05, 4.69) is 48.5 Å². The molecule has 2 nitrogen and oxygen atoms in total. The van der Waals surface area contributed by atoms with Crippen molar-refractivity contribution in [2.75, 3.05) is 33.2 Å². The summed E-state index contributed by atoms with van der Waals surface area (Å²) in [5.74, 6) is 0.691. The molecule has 0 radical (unpaired) electrons. The Morgan fingerprint density at radius 2 is 2.22 bits per heavy atom. The van der Waals surface area contributed by atoms with Crippen molar-refractivity contribution in [3.63, 3.8) is 0 Å². The molecule has 1 aromatic rings. The van der Waals surface area contributed by atoms with Crippen LogP contribution in [0.3, 0.4) is 0 Å². The van der Waals surface area contributed by atoms with E-state index in [9.17, 15) is 0 Å². The van der Waals surface area contributed by atoms with E-state index in [-0.39, 0.29) is 0 Å². The van der Waals surface area contributed by atoms with Crippen LogP contribution in [-0.2, 0) is 0 Å². The molecule has 2 fully saturated rings. The van der Waals surface area contributed by atoms with E-state index in [1.54, 1.807) is 0 Å². The summed E-state index contributed by atoms with van der Waals surface area (Å²) < 4.78 is 0. The van der Waals surface area contributed by atoms with E-state index < -0.39 is 0 Å². The van der Waals surface area contributed by atoms with Gasteiger partial charge in [0.15, 0.2) is 0 Å². The van der Waals surface area contributed by atoms with Gasteiger partial charge >= 0.3 is 0 Å². The largest absolute Gasteiger partial charge is 0.316 e. The molecule has 2 heterocycles. The van der Waals surface area contributed by atoms with Gasteiger partial charge in [-0.25, -0.2) is 0 Å². The molecule has 1 N–H and O–H groups in total. The standard InChI is InChI=1S/C16H24N2/c1-13-4-3-5-14(10-13)15-11-17-8-6-16(15)7-9-18(2)12-16/h3-5,10,15,17H,6-9,11-12H2,1-2H3. The van der Waals surface area contributed by atoms with Crippen LogP contribution in [0, 0.1) is 12.3 Å². The Labute approximate surface area is 110 Å². The fourth-order valence-corrected chi connectivity index (χ4v) is 3.93. The van der Waals surface area contributed by atoms with Gasteiger partial charge in [0.05, 0.1) is 0 Å². The summed E-state index contributed by atoms with van der Waals surface area (Å²) in [5, 5.41) is 3.60. The zero-order valence-corrected chi connectivity index (χ0v) is 11.6. The molecule has 1 spiro atoms. The van der Waals surface area contributed by atoms with Gasteiger partial charge in [-0.1, -0.05) is 29.8 Å². The SMILES string of the molecule is Cc1cccc(C2CNCCC23CCN(C)C3)c1. The first-order valence-corrected chi connectivity index (χ1v) is 7.15. The van der Waals surface area contributed by atoms with Crippen molar-refractivity contribution in [2.45, 2.75) is 25.7 Å². The van der Waals surface area contributed by atoms with Crippen molar-refractivity contribution in [3.8, 4) is 0 Å². The van der Waals surface area contributed by atoms with Crippen LogP contribution in [0.2, 0.25) is 0 Å². The van der Waals surface area contributed by atoms with Crippen LogP contribution < -0.4 is 5.32 Å². The third-order valence-corrected chi connectivity index (χ3v) is 4.91. The predicted molar refractivity (Wildman–Crippen MR) is 76.0 cm³/mol. The Balaban J connectivity index is 1.93. The predicted octanol–water partition coefficient (Wildman–Crippen LogP) is 2.39. The van der Waals surface area contributed by atoms with Crippen molar-refractivity contribution < 1.29 is 0 Å². The van der Waals surface area contributed by atoms with Gasteiger partial charge in [-0.2, -0.15) is 0 Å². The number of hydrogen-bond donors (Lipinski definition) is 1. The molecular weight excluding hydrogens is 220 g/mol. The van der Waals surface area contributed by atoms with Gasteiger partial charge in [0, 0.05) is 19.0 Å². The molecule has 1 aromatic carbocycles. The molecule has 18 heavy (non-hydrogen) atoms. The summed E-state index contributed by atoms with van der Waals surface area (Å²) in [5.41, 5.74) is 3.45. The third kappa shape index (κ3) is 2.08. The van der Waals surface area contributed by atoms with E-state index in [4.69, 9.17) is 0 Å². The molecule has 98 valence electrons. The summed E-state index contributed by atoms with van der Waals surface area (Å²) in [6.45, 7) is 7.08. The van der Waals surface area contributed by atoms with Crippen molar-refractivity contribution in [2.24, 2.45) is 5.41 Å². The minimum atomic E-state index is 0.522. The number of rotatable bonds is 1. The maximum absolute atomic E-state index is 3.60. The summed E-state index contributed by atoms with van der Waals surface area (Å²) in [6, 6.07) is 9.13. The smallest absolute Gasteiger partial charge is 0.00422 e. The van der Waals surface area contributed by atoms with Gasteiger partial charge in [0.1, 0.15) is 0 Å². The van der Waals surface area contributed by atoms with Crippen LogP contribution in [0.15, 0.2) is 24.3 Å². The second-order valence-electron chi connectivity index (χ2n) is 6.27. The number of piperidine rings is 1. The molecule has 0 bridgehead atoms. The van der Waals surface area contributed by atoms with Crippen molar-refractivity contribution in [1.29, 1.82) is 0 Å². The van der Waals surface area contributed by atoms with Gasteiger partial charge in [-0.3, -0.25) is 0 Å². The molecule has 2 aliphatic rings. The Morgan fingerprint density at radius 3 is 2.94 bits per heavy atom. The number of nitrogens with one attached hydrogen (secondary N) is 1.